The van der Waals surface area contributed by atoms with Crippen LogP contribution in [-0.2, 0) is 4.74 Å². The van der Waals surface area contributed by atoms with Crippen molar-refractivity contribution in [1.29, 1.82) is 10.8 Å². The third-order valence-corrected chi connectivity index (χ3v) is 9.86. The summed E-state index contributed by atoms with van der Waals surface area (Å²) in [4.78, 5) is 0. The first-order chi connectivity index (χ1) is 25.6. The summed E-state index contributed by atoms with van der Waals surface area (Å²) in [7, 11) is 0. The molecule has 4 nitrogen and oxygen atoms in total. The molecule has 0 spiro atoms. The number of benzene rings is 8. The van der Waals surface area contributed by atoms with Crippen LogP contribution in [0.1, 0.15) is 11.1 Å². The Morgan fingerprint density at radius 3 is 1.44 bits per heavy atom. The lowest BCUT2D eigenvalue weighted by atomic mass is 9.89. The van der Waals surface area contributed by atoms with Crippen molar-refractivity contribution in [2.75, 3.05) is 0 Å². The van der Waals surface area contributed by atoms with E-state index < -0.39 is 0 Å². The first kappa shape index (κ1) is 31.0. The van der Waals surface area contributed by atoms with E-state index in [0.717, 1.165) is 49.8 Å². The van der Waals surface area contributed by atoms with Crippen LogP contribution >= 0.6 is 0 Å². The van der Waals surface area contributed by atoms with Gasteiger partial charge in [-0.05, 0) is 86.6 Å². The van der Waals surface area contributed by atoms with Crippen molar-refractivity contribution in [3.63, 3.8) is 0 Å². The number of aromatic nitrogens is 1. The van der Waals surface area contributed by atoms with E-state index in [1.165, 1.54) is 21.8 Å². The molecule has 8 aromatic carbocycles. The number of ether oxygens (including phenoxy) is 1. The maximum Gasteiger partial charge on any atom is 0.221 e. The Bertz CT molecular complexity index is 2730. The quantitative estimate of drug-likeness (QED) is 0.135. The molecule has 0 amide bonds. The van der Waals surface area contributed by atoms with Crippen LogP contribution in [0, 0.1) is 10.8 Å². The van der Waals surface area contributed by atoms with Gasteiger partial charge >= 0.3 is 0 Å². The molecule has 0 aliphatic heterocycles. The van der Waals surface area contributed by atoms with E-state index in [2.05, 4.69) is 126 Å². The molecule has 1 aromatic heterocycles. The molecular weight excluding hydrogens is 635 g/mol. The van der Waals surface area contributed by atoms with Crippen molar-refractivity contribution < 1.29 is 4.74 Å². The Hall–Kier alpha value is -7.04. The molecule has 4 heteroatoms. The van der Waals surface area contributed by atoms with Crippen LogP contribution in [0.2, 0.25) is 0 Å². The van der Waals surface area contributed by atoms with Crippen molar-refractivity contribution in [2.45, 2.75) is 0 Å². The standard InChI is InChI=1S/C48H33N3O/c49-47(52-48(50)44-21-11-13-32-12-1-2-16-39(32)44)35-26-24-33(25-27-35)37-14-3-5-17-40(37)41-18-6-4-15-38(41)34-28-30-36(31-29-34)51-45-22-9-7-19-42(45)43-20-8-10-23-46(43)51/h1-31,49-50H. The highest BCUT2D eigenvalue weighted by atomic mass is 16.5. The second-order valence-corrected chi connectivity index (χ2v) is 12.9. The molecule has 0 aliphatic rings. The maximum absolute atomic E-state index is 8.67. The average molecular weight is 668 g/mol. The van der Waals surface area contributed by atoms with Gasteiger partial charge in [0.05, 0.1) is 11.0 Å². The molecule has 0 saturated heterocycles. The zero-order valence-electron chi connectivity index (χ0n) is 28.3. The number of hydrogen-bond donors (Lipinski definition) is 2. The molecule has 9 aromatic rings. The minimum absolute atomic E-state index is 0.0454. The monoisotopic (exact) mass is 667 g/mol. The van der Waals surface area contributed by atoms with Gasteiger partial charge in [0.1, 0.15) is 0 Å². The van der Waals surface area contributed by atoms with E-state index >= 15 is 0 Å². The number of rotatable bonds is 6. The fraction of sp³-hybridized carbons (Fsp3) is 0. The number of hydrogen-bond acceptors (Lipinski definition) is 3. The molecule has 246 valence electrons. The molecule has 0 aliphatic carbocycles. The highest BCUT2D eigenvalue weighted by Crippen LogP contribution is 2.39. The van der Waals surface area contributed by atoms with E-state index in [1.807, 2.05) is 66.7 Å². The molecule has 52 heavy (non-hydrogen) atoms. The largest absolute Gasteiger partial charge is 0.421 e. The van der Waals surface area contributed by atoms with Crippen molar-refractivity contribution in [3.05, 3.63) is 199 Å². The van der Waals surface area contributed by atoms with Gasteiger partial charge in [0.25, 0.3) is 0 Å². The summed E-state index contributed by atoms with van der Waals surface area (Å²) in [5.41, 5.74) is 11.5. The third kappa shape index (κ3) is 5.44. The van der Waals surface area contributed by atoms with E-state index in [1.54, 1.807) is 0 Å². The first-order valence-electron chi connectivity index (χ1n) is 17.4. The van der Waals surface area contributed by atoms with Crippen molar-refractivity contribution in [1.82, 2.24) is 4.57 Å². The van der Waals surface area contributed by atoms with Gasteiger partial charge in [-0.15, -0.1) is 0 Å². The fourth-order valence-electron chi connectivity index (χ4n) is 7.37. The second-order valence-electron chi connectivity index (χ2n) is 12.9. The lowest BCUT2D eigenvalue weighted by molar-refractivity contribution is 0.539. The van der Waals surface area contributed by atoms with Crippen LogP contribution in [0.25, 0.3) is 71.6 Å². The summed E-state index contributed by atoms with van der Waals surface area (Å²) in [6.45, 7) is 0. The Morgan fingerprint density at radius 2 is 0.846 bits per heavy atom. The summed E-state index contributed by atoms with van der Waals surface area (Å²) in [5, 5.41) is 21.8. The maximum atomic E-state index is 8.67. The van der Waals surface area contributed by atoms with Crippen LogP contribution in [0.15, 0.2) is 188 Å². The number of nitrogens with zero attached hydrogens (tertiary/aromatic N) is 1. The van der Waals surface area contributed by atoms with Gasteiger partial charge in [0.15, 0.2) is 0 Å². The van der Waals surface area contributed by atoms with Gasteiger partial charge in [-0.1, -0.05) is 146 Å². The van der Waals surface area contributed by atoms with E-state index in [9.17, 15) is 0 Å². The van der Waals surface area contributed by atoms with Crippen molar-refractivity contribution in [2.24, 2.45) is 0 Å². The second kappa shape index (κ2) is 13.0. The van der Waals surface area contributed by atoms with Crippen molar-refractivity contribution >= 4 is 44.4 Å². The number of para-hydroxylation sites is 2. The van der Waals surface area contributed by atoms with Crippen LogP contribution in [0.5, 0.6) is 0 Å². The Morgan fingerprint density at radius 1 is 0.385 bits per heavy atom. The third-order valence-electron chi connectivity index (χ3n) is 9.86. The fourth-order valence-corrected chi connectivity index (χ4v) is 7.37. The van der Waals surface area contributed by atoms with Gasteiger partial charge in [-0.25, -0.2) is 0 Å². The Labute approximate surface area is 301 Å². The van der Waals surface area contributed by atoms with E-state index in [0.29, 0.717) is 11.1 Å². The average Bonchev–Trinajstić information content (AvgIpc) is 3.55. The zero-order chi connectivity index (χ0) is 35.0. The molecule has 0 unspecified atom stereocenters. The smallest absolute Gasteiger partial charge is 0.221 e. The van der Waals surface area contributed by atoms with E-state index in [4.69, 9.17) is 15.6 Å². The van der Waals surface area contributed by atoms with Crippen LogP contribution in [0.3, 0.4) is 0 Å². The Kier molecular flexibility index (Phi) is 7.75. The molecule has 1 heterocycles. The highest BCUT2D eigenvalue weighted by Gasteiger charge is 2.16. The topological polar surface area (TPSA) is 61.9 Å². The van der Waals surface area contributed by atoms with Crippen LogP contribution in [0.4, 0.5) is 0 Å². The minimum atomic E-state index is -0.0625. The highest BCUT2D eigenvalue weighted by molar-refractivity contribution is 6.11. The normalized spacial score (nSPS) is 11.2. The molecule has 0 fully saturated rings. The molecular formula is C48H33N3O. The van der Waals surface area contributed by atoms with E-state index in [-0.39, 0.29) is 11.8 Å². The van der Waals surface area contributed by atoms with Crippen LogP contribution < -0.4 is 0 Å². The number of nitrogens with one attached hydrogen (secondary N) is 2. The summed E-state index contributed by atoms with van der Waals surface area (Å²) in [5.74, 6) is -0.108. The number of fused-ring (bicyclic) bond motifs is 4. The molecule has 0 radical (unpaired) electrons. The molecule has 0 atom stereocenters. The molecule has 2 N–H and O–H groups in total. The lowest BCUT2D eigenvalue weighted by Gasteiger charge is -2.16. The predicted molar refractivity (Wildman–Crippen MR) is 216 cm³/mol. The van der Waals surface area contributed by atoms with Crippen LogP contribution in [-0.4, -0.2) is 16.4 Å². The molecule has 0 saturated carbocycles. The Balaban J connectivity index is 1.01. The summed E-state index contributed by atoms with van der Waals surface area (Å²) < 4.78 is 8.12. The minimum Gasteiger partial charge on any atom is -0.421 e. The van der Waals surface area contributed by atoms with Gasteiger partial charge in [-0.3, -0.25) is 10.8 Å². The summed E-state index contributed by atoms with van der Waals surface area (Å²) >= 11 is 0. The van der Waals surface area contributed by atoms with Gasteiger partial charge in [-0.2, -0.15) is 0 Å². The molecule has 0 bridgehead atoms. The first-order valence-corrected chi connectivity index (χ1v) is 17.4. The summed E-state index contributed by atoms with van der Waals surface area (Å²) in [6.07, 6.45) is 0. The predicted octanol–water partition coefficient (Wildman–Crippen LogP) is 12.3. The van der Waals surface area contributed by atoms with Gasteiger partial charge in [0, 0.05) is 27.6 Å². The van der Waals surface area contributed by atoms with Crippen molar-refractivity contribution in [3.8, 4) is 39.1 Å². The van der Waals surface area contributed by atoms with Gasteiger partial charge in [0.2, 0.25) is 11.8 Å². The summed E-state index contributed by atoms with van der Waals surface area (Å²) in [6, 6.07) is 64.6. The zero-order valence-corrected chi connectivity index (χ0v) is 28.3. The SMILES string of the molecule is N=C(OC(=N)c1cccc2ccccc12)c1ccc(-c2ccccc2-c2ccccc2-c2ccc(-n3c4ccccc4c4ccccc43)cc2)cc1. The molecule has 9 rings (SSSR count). The van der Waals surface area contributed by atoms with Gasteiger partial charge < -0.3 is 9.30 Å². The lowest BCUT2D eigenvalue weighted by Crippen LogP contribution is -2.13.